The molecule has 1 aliphatic rings. The molecule has 0 aromatic heterocycles. The van der Waals surface area contributed by atoms with Gasteiger partial charge in [-0.2, -0.15) is 0 Å². The summed E-state index contributed by atoms with van der Waals surface area (Å²) in [5.41, 5.74) is 2.61. The number of carboxylic acid groups (broad SMARTS) is 1. The zero-order valence-corrected chi connectivity index (χ0v) is 12.0. The predicted octanol–water partition coefficient (Wildman–Crippen LogP) is 1.26. The van der Waals surface area contributed by atoms with E-state index in [0.717, 1.165) is 18.7 Å². The van der Waals surface area contributed by atoms with E-state index in [9.17, 15) is 9.59 Å². The van der Waals surface area contributed by atoms with Gasteiger partial charge >= 0.3 is 5.97 Å². The van der Waals surface area contributed by atoms with Crippen molar-refractivity contribution < 1.29 is 19.4 Å². The molecule has 114 valence electrons. The van der Waals surface area contributed by atoms with Crippen molar-refractivity contribution in [2.75, 3.05) is 25.6 Å². The number of hydrogen-bond donors (Lipinski definition) is 3. The van der Waals surface area contributed by atoms with Gasteiger partial charge in [-0.05, 0) is 37.0 Å². The summed E-state index contributed by atoms with van der Waals surface area (Å²) in [4.78, 5) is 23.3. The number of amides is 1. The summed E-state index contributed by atoms with van der Waals surface area (Å²) in [5, 5.41) is 14.9. The number of hydrogen-bond acceptors (Lipinski definition) is 4. The minimum Gasteiger partial charge on any atom is -0.480 e. The lowest BCUT2D eigenvalue weighted by molar-refractivity contribution is -0.139. The standard InChI is InChI=1S/C15H20N2O4/c1-21-8-2-3-12(15(19)20)17-14(18)11-5-4-10-6-7-16-13(10)9-11/h4-5,9,12,16H,2-3,6-8H2,1H3,(H,17,18)(H,19,20). The summed E-state index contributed by atoms with van der Waals surface area (Å²) < 4.78 is 4.90. The van der Waals surface area contributed by atoms with Crippen molar-refractivity contribution in [1.29, 1.82) is 0 Å². The first-order valence-corrected chi connectivity index (χ1v) is 7.01. The van der Waals surface area contributed by atoms with Crippen molar-refractivity contribution in [3.63, 3.8) is 0 Å². The molecule has 0 saturated heterocycles. The normalized spacial score (nSPS) is 14.1. The molecule has 0 fully saturated rings. The lowest BCUT2D eigenvalue weighted by atomic mass is 10.1. The monoisotopic (exact) mass is 292 g/mol. The van der Waals surface area contributed by atoms with Gasteiger partial charge in [0.25, 0.3) is 5.91 Å². The fourth-order valence-corrected chi connectivity index (χ4v) is 2.36. The Morgan fingerprint density at radius 2 is 2.29 bits per heavy atom. The molecule has 0 aliphatic carbocycles. The van der Waals surface area contributed by atoms with E-state index in [4.69, 9.17) is 9.84 Å². The van der Waals surface area contributed by atoms with Gasteiger partial charge in [-0.3, -0.25) is 4.79 Å². The highest BCUT2D eigenvalue weighted by Crippen LogP contribution is 2.23. The van der Waals surface area contributed by atoms with Crippen LogP contribution >= 0.6 is 0 Å². The quantitative estimate of drug-likeness (QED) is 0.659. The minimum absolute atomic E-state index is 0.345. The Morgan fingerprint density at radius 1 is 1.48 bits per heavy atom. The first-order chi connectivity index (χ1) is 10.1. The number of benzene rings is 1. The van der Waals surface area contributed by atoms with E-state index in [1.165, 1.54) is 5.56 Å². The van der Waals surface area contributed by atoms with Crippen LogP contribution in [0.25, 0.3) is 0 Å². The zero-order valence-electron chi connectivity index (χ0n) is 12.0. The third-order valence-electron chi connectivity index (χ3n) is 3.53. The Labute approximate surface area is 123 Å². The van der Waals surface area contributed by atoms with Crippen LogP contribution in [-0.2, 0) is 16.0 Å². The van der Waals surface area contributed by atoms with E-state index < -0.39 is 12.0 Å². The van der Waals surface area contributed by atoms with Gasteiger partial charge in [0.05, 0.1) is 0 Å². The molecule has 3 N–H and O–H groups in total. The van der Waals surface area contributed by atoms with Crippen LogP contribution < -0.4 is 10.6 Å². The molecule has 6 heteroatoms. The maximum Gasteiger partial charge on any atom is 0.326 e. The van der Waals surface area contributed by atoms with Gasteiger partial charge in [-0.1, -0.05) is 6.07 Å². The molecule has 2 rings (SSSR count). The van der Waals surface area contributed by atoms with Crippen LogP contribution in [0.4, 0.5) is 5.69 Å². The van der Waals surface area contributed by atoms with Crippen LogP contribution in [0.3, 0.4) is 0 Å². The van der Waals surface area contributed by atoms with E-state index in [-0.39, 0.29) is 5.91 Å². The van der Waals surface area contributed by atoms with E-state index >= 15 is 0 Å². The van der Waals surface area contributed by atoms with Crippen molar-refractivity contribution in [3.05, 3.63) is 29.3 Å². The summed E-state index contributed by atoms with van der Waals surface area (Å²) in [5.74, 6) is -1.39. The van der Waals surface area contributed by atoms with Crippen molar-refractivity contribution in [2.24, 2.45) is 0 Å². The molecule has 0 saturated carbocycles. The minimum atomic E-state index is -1.03. The molecule has 1 aromatic carbocycles. The van der Waals surface area contributed by atoms with Gasteiger partial charge in [0.15, 0.2) is 0 Å². The van der Waals surface area contributed by atoms with Gasteiger partial charge in [0, 0.05) is 31.5 Å². The molecule has 1 amide bonds. The largest absolute Gasteiger partial charge is 0.480 e. The van der Waals surface area contributed by atoms with Crippen molar-refractivity contribution in [3.8, 4) is 0 Å². The Kier molecular flexibility index (Phi) is 5.16. The average Bonchev–Trinajstić information content (AvgIpc) is 2.93. The number of carbonyl (C=O) groups excluding carboxylic acids is 1. The third kappa shape index (κ3) is 3.95. The number of anilines is 1. The molecule has 21 heavy (non-hydrogen) atoms. The van der Waals surface area contributed by atoms with Crippen LogP contribution in [0.15, 0.2) is 18.2 Å². The molecule has 1 heterocycles. The van der Waals surface area contributed by atoms with Crippen LogP contribution in [0.2, 0.25) is 0 Å². The molecule has 1 unspecified atom stereocenters. The number of methoxy groups -OCH3 is 1. The molecule has 0 radical (unpaired) electrons. The van der Waals surface area contributed by atoms with Crippen molar-refractivity contribution in [1.82, 2.24) is 5.32 Å². The van der Waals surface area contributed by atoms with Crippen LogP contribution in [0.5, 0.6) is 0 Å². The summed E-state index contributed by atoms with van der Waals surface area (Å²) in [6.45, 7) is 1.34. The fraction of sp³-hybridized carbons (Fsp3) is 0.467. The Morgan fingerprint density at radius 3 is 3.00 bits per heavy atom. The SMILES string of the molecule is COCCCC(NC(=O)c1ccc2c(c1)NCC2)C(=O)O. The Bertz CT molecular complexity index is 530. The molecule has 6 nitrogen and oxygen atoms in total. The lowest BCUT2D eigenvalue weighted by Gasteiger charge is -2.14. The fourth-order valence-electron chi connectivity index (χ4n) is 2.36. The summed E-state index contributed by atoms with van der Waals surface area (Å²) in [7, 11) is 1.56. The Balaban J connectivity index is 1.99. The van der Waals surface area contributed by atoms with Gasteiger partial charge < -0.3 is 20.5 Å². The molecule has 0 spiro atoms. The zero-order chi connectivity index (χ0) is 15.2. The van der Waals surface area contributed by atoms with Crippen LogP contribution in [0, 0.1) is 0 Å². The number of nitrogens with one attached hydrogen (secondary N) is 2. The van der Waals surface area contributed by atoms with Crippen molar-refractivity contribution >= 4 is 17.6 Å². The van der Waals surface area contributed by atoms with E-state index in [1.807, 2.05) is 6.07 Å². The molecular formula is C15H20N2O4. The second-order valence-electron chi connectivity index (χ2n) is 5.05. The van der Waals surface area contributed by atoms with E-state index in [1.54, 1.807) is 19.2 Å². The smallest absolute Gasteiger partial charge is 0.326 e. The van der Waals surface area contributed by atoms with E-state index in [2.05, 4.69) is 10.6 Å². The molecule has 1 aromatic rings. The number of fused-ring (bicyclic) bond motifs is 1. The van der Waals surface area contributed by atoms with Gasteiger partial charge in [-0.15, -0.1) is 0 Å². The summed E-state index contributed by atoms with van der Waals surface area (Å²) in [6, 6.07) is 4.51. The third-order valence-corrected chi connectivity index (χ3v) is 3.53. The predicted molar refractivity (Wildman–Crippen MR) is 78.6 cm³/mol. The maximum absolute atomic E-state index is 12.2. The molecule has 1 aliphatic heterocycles. The number of aliphatic carboxylic acids is 1. The summed E-state index contributed by atoms with van der Waals surface area (Å²) >= 11 is 0. The van der Waals surface area contributed by atoms with E-state index in [0.29, 0.717) is 25.0 Å². The highest BCUT2D eigenvalue weighted by Gasteiger charge is 2.21. The first kappa shape index (κ1) is 15.3. The van der Waals surface area contributed by atoms with Crippen molar-refractivity contribution in [2.45, 2.75) is 25.3 Å². The highest BCUT2D eigenvalue weighted by molar-refractivity contribution is 5.97. The summed E-state index contributed by atoms with van der Waals surface area (Å²) in [6.07, 6.45) is 1.88. The lowest BCUT2D eigenvalue weighted by Crippen LogP contribution is -2.40. The second kappa shape index (κ2) is 7.08. The first-order valence-electron chi connectivity index (χ1n) is 7.01. The van der Waals surface area contributed by atoms with Crippen LogP contribution in [-0.4, -0.2) is 43.3 Å². The molecule has 1 atom stereocenters. The number of ether oxygens (including phenoxy) is 1. The van der Waals surface area contributed by atoms with Gasteiger partial charge in [-0.25, -0.2) is 4.79 Å². The maximum atomic E-state index is 12.2. The topological polar surface area (TPSA) is 87.7 Å². The molecule has 0 bridgehead atoms. The number of rotatable bonds is 7. The number of carboxylic acids is 1. The van der Waals surface area contributed by atoms with Gasteiger partial charge in [0.2, 0.25) is 0 Å². The average molecular weight is 292 g/mol. The Hall–Kier alpha value is -2.08. The molecular weight excluding hydrogens is 272 g/mol. The second-order valence-corrected chi connectivity index (χ2v) is 5.05. The highest BCUT2D eigenvalue weighted by atomic mass is 16.5. The van der Waals surface area contributed by atoms with Crippen LogP contribution in [0.1, 0.15) is 28.8 Å². The number of carbonyl (C=O) groups is 2. The van der Waals surface area contributed by atoms with Gasteiger partial charge in [0.1, 0.15) is 6.04 Å².